The summed E-state index contributed by atoms with van der Waals surface area (Å²) in [6.45, 7) is -0.627. The van der Waals surface area contributed by atoms with Gasteiger partial charge in [-0.1, -0.05) is 36.4 Å². The molecule has 0 bridgehead atoms. The lowest BCUT2D eigenvalue weighted by Crippen LogP contribution is -2.49. The van der Waals surface area contributed by atoms with Crippen LogP contribution in [0.4, 0.5) is 36.8 Å². The zero-order chi connectivity index (χ0) is 28.2. The molecular weight excluding hydrogens is 526 g/mol. The number of para-hydroxylation sites is 2. The molecule has 0 spiro atoms. The molecule has 39 heavy (non-hydrogen) atoms. The van der Waals surface area contributed by atoms with Crippen molar-refractivity contribution < 1.29 is 35.9 Å². The summed E-state index contributed by atoms with van der Waals surface area (Å²) >= 11 is 0. The summed E-state index contributed by atoms with van der Waals surface area (Å²) in [5, 5.41) is 8.26. The highest BCUT2D eigenvalue weighted by atomic mass is 19.4. The highest BCUT2D eigenvalue weighted by Crippen LogP contribution is 2.36. The van der Waals surface area contributed by atoms with Gasteiger partial charge in [-0.05, 0) is 47.5 Å². The fraction of sp³-hybridized carbons (Fsp3) is 0.185. The molecule has 3 aromatic carbocycles. The molecule has 4 N–H and O–H groups in total. The molecule has 0 saturated heterocycles. The van der Waals surface area contributed by atoms with E-state index in [-0.39, 0.29) is 12.5 Å². The van der Waals surface area contributed by atoms with Crippen molar-refractivity contribution in [3.8, 4) is 0 Å². The maximum absolute atomic E-state index is 13.2. The minimum Gasteiger partial charge on any atom is -0.361 e. The van der Waals surface area contributed by atoms with Gasteiger partial charge in [-0.2, -0.15) is 26.3 Å². The number of nitrogens with one attached hydrogen (secondary N) is 4. The van der Waals surface area contributed by atoms with Gasteiger partial charge in [0, 0.05) is 35.8 Å². The van der Waals surface area contributed by atoms with Gasteiger partial charge >= 0.3 is 18.4 Å². The fourth-order valence-electron chi connectivity index (χ4n) is 4.01. The Balaban J connectivity index is 1.55. The molecule has 6 nitrogen and oxygen atoms in total. The number of anilines is 1. The number of amides is 3. The number of H-pyrrole nitrogens is 1. The molecule has 0 fully saturated rings. The maximum atomic E-state index is 13.2. The number of carbonyl (C=O) groups excluding carboxylic acids is 2. The van der Waals surface area contributed by atoms with Crippen LogP contribution in [0.1, 0.15) is 22.3 Å². The van der Waals surface area contributed by atoms with E-state index >= 15 is 0 Å². The number of aromatic nitrogens is 1. The zero-order valence-corrected chi connectivity index (χ0v) is 20.1. The molecule has 12 heteroatoms. The Morgan fingerprint density at radius 3 is 2.08 bits per heavy atom. The average molecular weight is 548 g/mol. The van der Waals surface area contributed by atoms with E-state index in [9.17, 15) is 35.9 Å². The summed E-state index contributed by atoms with van der Waals surface area (Å²) in [6.07, 6.45) is -8.39. The van der Waals surface area contributed by atoms with Crippen LogP contribution < -0.4 is 16.0 Å². The SMILES string of the molecule is O=C(Nc1ccccc1)NC(Cc1c[nH]c2ccccc12)C(=O)NCc1cc(C(F)(F)F)cc(C(F)(F)F)c1. The monoisotopic (exact) mass is 548 g/mol. The lowest BCUT2D eigenvalue weighted by molar-refractivity contribution is -0.143. The van der Waals surface area contributed by atoms with Crippen molar-refractivity contribution in [2.75, 3.05) is 5.32 Å². The van der Waals surface area contributed by atoms with E-state index < -0.39 is 53.6 Å². The number of alkyl halides is 6. The molecule has 4 aromatic rings. The minimum atomic E-state index is -5.02. The predicted octanol–water partition coefficient (Wildman–Crippen LogP) is 6.25. The molecule has 0 aliphatic rings. The van der Waals surface area contributed by atoms with E-state index in [1.165, 1.54) is 0 Å². The first-order valence-electron chi connectivity index (χ1n) is 11.6. The van der Waals surface area contributed by atoms with Gasteiger partial charge in [0.15, 0.2) is 0 Å². The van der Waals surface area contributed by atoms with Crippen LogP contribution in [0.25, 0.3) is 10.9 Å². The largest absolute Gasteiger partial charge is 0.416 e. The molecule has 0 aliphatic carbocycles. The number of urea groups is 1. The normalized spacial score (nSPS) is 12.7. The Kier molecular flexibility index (Phi) is 7.84. The second kappa shape index (κ2) is 11.1. The van der Waals surface area contributed by atoms with E-state index in [0.717, 1.165) is 10.9 Å². The fourth-order valence-corrected chi connectivity index (χ4v) is 4.01. The van der Waals surface area contributed by atoms with Crippen molar-refractivity contribution in [1.29, 1.82) is 0 Å². The number of hydrogen-bond acceptors (Lipinski definition) is 2. The van der Waals surface area contributed by atoms with Gasteiger partial charge in [0.05, 0.1) is 11.1 Å². The maximum Gasteiger partial charge on any atom is 0.416 e. The first-order chi connectivity index (χ1) is 18.4. The molecule has 1 unspecified atom stereocenters. The van der Waals surface area contributed by atoms with Crippen LogP contribution in [0.2, 0.25) is 0 Å². The standard InChI is InChI=1S/C27H22F6N4O2/c28-26(29,30)18-10-16(11-19(13-18)27(31,32)33)14-35-24(38)23(37-25(39)36-20-6-2-1-3-7-20)12-17-15-34-22-9-5-4-8-21(17)22/h1-11,13,15,23,34H,12,14H2,(H,35,38)(H2,36,37,39). The summed E-state index contributed by atoms with van der Waals surface area (Å²) in [4.78, 5) is 28.8. The molecule has 0 saturated carbocycles. The summed E-state index contributed by atoms with van der Waals surface area (Å²) < 4.78 is 79.3. The van der Waals surface area contributed by atoms with E-state index in [1.807, 2.05) is 18.2 Å². The number of halogens is 6. The first-order valence-corrected chi connectivity index (χ1v) is 11.6. The van der Waals surface area contributed by atoms with Gasteiger partial charge in [-0.3, -0.25) is 4.79 Å². The molecule has 0 aliphatic heterocycles. The Morgan fingerprint density at radius 1 is 0.821 bits per heavy atom. The summed E-state index contributed by atoms with van der Waals surface area (Å²) in [7, 11) is 0. The lowest BCUT2D eigenvalue weighted by Gasteiger charge is -2.20. The Hall–Kier alpha value is -4.48. The highest BCUT2D eigenvalue weighted by Gasteiger charge is 2.37. The summed E-state index contributed by atoms with van der Waals surface area (Å²) in [5.74, 6) is -0.797. The van der Waals surface area contributed by atoms with Crippen molar-refractivity contribution in [3.63, 3.8) is 0 Å². The number of hydrogen-bond donors (Lipinski definition) is 4. The van der Waals surface area contributed by atoms with Crippen molar-refractivity contribution in [2.45, 2.75) is 31.4 Å². The zero-order valence-electron chi connectivity index (χ0n) is 20.1. The molecule has 1 aromatic heterocycles. The van der Waals surface area contributed by atoms with Crippen LogP contribution in [-0.4, -0.2) is 23.0 Å². The van der Waals surface area contributed by atoms with Gasteiger partial charge in [0.1, 0.15) is 6.04 Å². The minimum absolute atomic E-state index is 0.00551. The molecule has 3 amide bonds. The first kappa shape index (κ1) is 27.6. The molecule has 1 atom stereocenters. The third-order valence-corrected chi connectivity index (χ3v) is 5.87. The third-order valence-electron chi connectivity index (χ3n) is 5.87. The van der Waals surface area contributed by atoms with Crippen molar-refractivity contribution in [2.24, 2.45) is 0 Å². The van der Waals surface area contributed by atoms with Crippen molar-refractivity contribution in [3.05, 3.63) is 101 Å². The highest BCUT2D eigenvalue weighted by molar-refractivity contribution is 5.94. The van der Waals surface area contributed by atoms with Crippen LogP contribution in [-0.2, 0) is 30.1 Å². The Labute approximate surface area is 218 Å². The van der Waals surface area contributed by atoms with Crippen molar-refractivity contribution in [1.82, 2.24) is 15.6 Å². The van der Waals surface area contributed by atoms with E-state index in [0.29, 0.717) is 23.4 Å². The second-order valence-electron chi connectivity index (χ2n) is 8.71. The Bertz CT molecular complexity index is 1430. The molecular formula is C27H22F6N4O2. The number of benzene rings is 3. The average Bonchev–Trinajstić information content (AvgIpc) is 3.29. The summed E-state index contributed by atoms with van der Waals surface area (Å²) in [6, 6.07) is 14.8. The topological polar surface area (TPSA) is 86.0 Å². The number of carbonyl (C=O) groups is 2. The van der Waals surface area contributed by atoms with Gasteiger partial charge in [0.25, 0.3) is 0 Å². The van der Waals surface area contributed by atoms with Crippen LogP contribution in [0.15, 0.2) is 79.0 Å². The lowest BCUT2D eigenvalue weighted by atomic mass is 10.0. The third kappa shape index (κ3) is 7.09. The van der Waals surface area contributed by atoms with Gasteiger partial charge in [-0.15, -0.1) is 0 Å². The summed E-state index contributed by atoms with van der Waals surface area (Å²) in [5.41, 5.74) is -1.47. The molecule has 1 heterocycles. The number of rotatable bonds is 7. The van der Waals surface area contributed by atoms with Crippen LogP contribution >= 0.6 is 0 Å². The van der Waals surface area contributed by atoms with Crippen LogP contribution in [0.5, 0.6) is 0 Å². The van der Waals surface area contributed by atoms with Gasteiger partial charge in [0.2, 0.25) is 5.91 Å². The van der Waals surface area contributed by atoms with Crippen LogP contribution in [0, 0.1) is 0 Å². The van der Waals surface area contributed by atoms with E-state index in [2.05, 4.69) is 20.9 Å². The van der Waals surface area contributed by atoms with Gasteiger partial charge < -0.3 is 20.9 Å². The van der Waals surface area contributed by atoms with Crippen LogP contribution in [0.3, 0.4) is 0 Å². The second-order valence-corrected chi connectivity index (χ2v) is 8.71. The number of fused-ring (bicyclic) bond motifs is 1. The van der Waals surface area contributed by atoms with Gasteiger partial charge in [-0.25, -0.2) is 4.79 Å². The molecule has 204 valence electrons. The number of aromatic amines is 1. The quantitative estimate of drug-likeness (QED) is 0.206. The van der Waals surface area contributed by atoms with E-state index in [1.54, 1.807) is 42.6 Å². The predicted molar refractivity (Wildman–Crippen MR) is 133 cm³/mol. The Morgan fingerprint density at radius 2 is 1.44 bits per heavy atom. The van der Waals surface area contributed by atoms with E-state index in [4.69, 9.17) is 0 Å². The molecule has 0 radical (unpaired) electrons. The van der Waals surface area contributed by atoms with Crippen molar-refractivity contribution >= 4 is 28.5 Å². The smallest absolute Gasteiger partial charge is 0.361 e. The molecule has 4 rings (SSSR count).